The monoisotopic (exact) mass is 375 g/mol. The number of thiophene rings is 1. The first-order valence-electron chi connectivity index (χ1n) is 8.88. The third kappa shape index (κ3) is 2.80. The smallest absolute Gasteiger partial charge is 0.272 e. The minimum absolute atomic E-state index is 0.0202. The average molecular weight is 375 g/mol. The van der Waals surface area contributed by atoms with Crippen LogP contribution < -0.4 is 0 Å². The molecule has 134 valence electrons. The standard InChI is InChI=1S/C20H17N5OS/c26-20(16-5-1-2-9-21-16)24-11-8-14(13-24)25-18-15(6-3-10-22-18)23-19(25)17-7-4-12-27-17/h1-7,9-10,12,14H,8,11,13H2/t14-/m0/s1. The molecule has 1 amide bonds. The normalized spacial score (nSPS) is 16.9. The maximum Gasteiger partial charge on any atom is 0.272 e. The number of amides is 1. The van der Waals surface area contributed by atoms with Crippen LogP contribution in [0.3, 0.4) is 0 Å². The first-order valence-corrected chi connectivity index (χ1v) is 9.76. The molecule has 1 saturated heterocycles. The van der Waals surface area contributed by atoms with E-state index in [2.05, 4.69) is 26.0 Å². The van der Waals surface area contributed by atoms with Crippen LogP contribution in [0.4, 0.5) is 0 Å². The van der Waals surface area contributed by atoms with Crippen LogP contribution in [-0.4, -0.2) is 43.4 Å². The van der Waals surface area contributed by atoms with E-state index in [4.69, 9.17) is 4.98 Å². The minimum Gasteiger partial charge on any atom is -0.335 e. The molecule has 0 bridgehead atoms. The Morgan fingerprint density at radius 3 is 2.81 bits per heavy atom. The molecule has 1 aliphatic rings. The number of aromatic nitrogens is 4. The molecule has 0 N–H and O–H groups in total. The summed E-state index contributed by atoms with van der Waals surface area (Å²) in [5, 5.41) is 2.05. The Morgan fingerprint density at radius 2 is 2.00 bits per heavy atom. The van der Waals surface area contributed by atoms with Crippen LogP contribution in [0.2, 0.25) is 0 Å². The van der Waals surface area contributed by atoms with Crippen molar-refractivity contribution in [2.24, 2.45) is 0 Å². The van der Waals surface area contributed by atoms with Gasteiger partial charge in [0.1, 0.15) is 11.2 Å². The van der Waals surface area contributed by atoms with E-state index in [1.54, 1.807) is 29.8 Å². The van der Waals surface area contributed by atoms with Crippen LogP contribution >= 0.6 is 11.3 Å². The second-order valence-electron chi connectivity index (χ2n) is 6.54. The highest BCUT2D eigenvalue weighted by Gasteiger charge is 2.31. The molecule has 0 aliphatic carbocycles. The molecule has 1 atom stereocenters. The molecule has 1 fully saturated rings. The predicted molar refractivity (Wildman–Crippen MR) is 105 cm³/mol. The van der Waals surface area contributed by atoms with Gasteiger partial charge in [0.25, 0.3) is 5.91 Å². The summed E-state index contributed by atoms with van der Waals surface area (Å²) in [4.78, 5) is 29.3. The Morgan fingerprint density at radius 1 is 1.07 bits per heavy atom. The molecular weight excluding hydrogens is 358 g/mol. The lowest BCUT2D eigenvalue weighted by atomic mass is 10.2. The Kier molecular flexibility index (Phi) is 3.94. The summed E-state index contributed by atoms with van der Waals surface area (Å²) >= 11 is 1.67. The van der Waals surface area contributed by atoms with Gasteiger partial charge in [-0.25, -0.2) is 9.97 Å². The van der Waals surface area contributed by atoms with E-state index >= 15 is 0 Å². The van der Waals surface area contributed by atoms with E-state index in [0.29, 0.717) is 18.8 Å². The number of nitrogens with zero attached hydrogens (tertiary/aromatic N) is 5. The lowest BCUT2D eigenvalue weighted by Gasteiger charge is -2.18. The third-order valence-corrected chi connectivity index (χ3v) is 5.76. The molecule has 5 heterocycles. The van der Waals surface area contributed by atoms with Gasteiger partial charge in [0.05, 0.1) is 10.9 Å². The molecule has 5 rings (SSSR count). The van der Waals surface area contributed by atoms with Crippen LogP contribution in [0.5, 0.6) is 0 Å². The van der Waals surface area contributed by atoms with Gasteiger partial charge in [-0.2, -0.15) is 0 Å². The lowest BCUT2D eigenvalue weighted by molar-refractivity contribution is 0.0782. The highest BCUT2D eigenvalue weighted by atomic mass is 32.1. The van der Waals surface area contributed by atoms with Gasteiger partial charge in [-0.15, -0.1) is 11.3 Å². The minimum atomic E-state index is -0.0202. The molecule has 27 heavy (non-hydrogen) atoms. The summed E-state index contributed by atoms with van der Waals surface area (Å²) in [6.07, 6.45) is 4.33. The summed E-state index contributed by atoms with van der Waals surface area (Å²) in [5.41, 5.74) is 2.25. The first-order chi connectivity index (χ1) is 13.3. The van der Waals surface area contributed by atoms with Crippen molar-refractivity contribution in [1.82, 2.24) is 24.4 Å². The molecule has 6 nitrogen and oxygen atoms in total. The fraction of sp³-hybridized carbons (Fsp3) is 0.200. The number of likely N-dealkylation sites (tertiary alicyclic amines) is 1. The Hall–Kier alpha value is -3.06. The van der Waals surface area contributed by atoms with E-state index in [0.717, 1.165) is 28.3 Å². The molecule has 0 aromatic carbocycles. The van der Waals surface area contributed by atoms with Crippen LogP contribution in [-0.2, 0) is 0 Å². The second kappa shape index (κ2) is 6.59. The van der Waals surface area contributed by atoms with Crippen molar-refractivity contribution in [1.29, 1.82) is 0 Å². The quantitative estimate of drug-likeness (QED) is 0.548. The zero-order chi connectivity index (χ0) is 18.2. The SMILES string of the molecule is O=C(c1ccccn1)N1CC[C@H](n2c(-c3cccs3)nc3cccnc32)C1. The third-order valence-electron chi connectivity index (χ3n) is 4.89. The topological polar surface area (TPSA) is 63.9 Å². The van der Waals surface area contributed by atoms with Gasteiger partial charge in [-0.1, -0.05) is 12.1 Å². The molecule has 0 radical (unpaired) electrons. The predicted octanol–water partition coefficient (Wildman–Crippen LogP) is 3.64. The van der Waals surface area contributed by atoms with Gasteiger partial charge in [0, 0.05) is 25.5 Å². The van der Waals surface area contributed by atoms with E-state index < -0.39 is 0 Å². The van der Waals surface area contributed by atoms with E-state index in [1.807, 2.05) is 35.2 Å². The zero-order valence-electron chi connectivity index (χ0n) is 14.5. The second-order valence-corrected chi connectivity index (χ2v) is 7.49. The largest absolute Gasteiger partial charge is 0.335 e. The van der Waals surface area contributed by atoms with E-state index in [9.17, 15) is 4.79 Å². The van der Waals surface area contributed by atoms with Crippen molar-refractivity contribution in [3.05, 3.63) is 65.9 Å². The van der Waals surface area contributed by atoms with Gasteiger partial charge in [0.2, 0.25) is 0 Å². The van der Waals surface area contributed by atoms with Gasteiger partial charge in [-0.3, -0.25) is 9.78 Å². The van der Waals surface area contributed by atoms with Crippen LogP contribution in [0.25, 0.3) is 21.9 Å². The lowest BCUT2D eigenvalue weighted by Crippen LogP contribution is -2.29. The van der Waals surface area contributed by atoms with Gasteiger partial charge in [-0.05, 0) is 42.1 Å². The molecular formula is C20H17N5OS. The van der Waals surface area contributed by atoms with Crippen molar-refractivity contribution < 1.29 is 4.79 Å². The molecule has 0 saturated carbocycles. The van der Waals surface area contributed by atoms with Crippen molar-refractivity contribution in [2.45, 2.75) is 12.5 Å². The molecule has 4 aromatic heterocycles. The number of imidazole rings is 1. The van der Waals surface area contributed by atoms with Crippen LogP contribution in [0.1, 0.15) is 23.0 Å². The Bertz CT molecular complexity index is 1090. The number of carbonyl (C=O) groups excluding carboxylic acids is 1. The summed E-state index contributed by atoms with van der Waals surface area (Å²) in [7, 11) is 0. The molecule has 4 aromatic rings. The van der Waals surface area contributed by atoms with Crippen molar-refractivity contribution in [3.63, 3.8) is 0 Å². The average Bonchev–Trinajstić information content (AvgIpc) is 3.46. The maximum atomic E-state index is 12.8. The van der Waals surface area contributed by atoms with Gasteiger partial charge in [0.15, 0.2) is 11.5 Å². The molecule has 1 aliphatic heterocycles. The van der Waals surface area contributed by atoms with Crippen LogP contribution in [0.15, 0.2) is 60.2 Å². The summed E-state index contributed by atoms with van der Waals surface area (Å²) < 4.78 is 2.20. The number of hydrogen-bond donors (Lipinski definition) is 0. The number of rotatable bonds is 3. The Labute approximate surface area is 160 Å². The van der Waals surface area contributed by atoms with Crippen LogP contribution in [0, 0.1) is 0 Å². The summed E-state index contributed by atoms with van der Waals surface area (Å²) in [5.74, 6) is 0.906. The van der Waals surface area contributed by atoms with Crippen molar-refractivity contribution in [2.75, 3.05) is 13.1 Å². The highest BCUT2D eigenvalue weighted by molar-refractivity contribution is 7.13. The molecule has 0 spiro atoms. The zero-order valence-corrected chi connectivity index (χ0v) is 15.3. The fourth-order valence-corrected chi connectivity index (χ4v) is 4.35. The number of carbonyl (C=O) groups is 1. The molecule has 0 unspecified atom stereocenters. The number of hydrogen-bond acceptors (Lipinski definition) is 5. The number of fused-ring (bicyclic) bond motifs is 1. The first kappa shape index (κ1) is 16.1. The van der Waals surface area contributed by atoms with E-state index in [-0.39, 0.29) is 11.9 Å². The molecule has 7 heteroatoms. The fourth-order valence-electron chi connectivity index (χ4n) is 3.64. The maximum absolute atomic E-state index is 12.8. The summed E-state index contributed by atoms with van der Waals surface area (Å²) in [6, 6.07) is 13.6. The number of pyridine rings is 2. The van der Waals surface area contributed by atoms with Gasteiger partial charge >= 0.3 is 0 Å². The Balaban J connectivity index is 1.51. The van der Waals surface area contributed by atoms with E-state index in [1.165, 1.54) is 0 Å². The highest BCUT2D eigenvalue weighted by Crippen LogP contribution is 2.34. The van der Waals surface area contributed by atoms with Gasteiger partial charge < -0.3 is 9.47 Å². The van der Waals surface area contributed by atoms with Crippen molar-refractivity contribution in [3.8, 4) is 10.7 Å². The summed E-state index contributed by atoms with van der Waals surface area (Å²) in [6.45, 7) is 1.34. The van der Waals surface area contributed by atoms with Crippen molar-refractivity contribution >= 4 is 28.4 Å².